The second kappa shape index (κ2) is 7.80. The number of ether oxygens (including phenoxy) is 1. The lowest BCUT2D eigenvalue weighted by atomic mass is 10.1. The number of nitrogens with one attached hydrogen (secondary N) is 1. The Labute approximate surface area is 188 Å². The van der Waals surface area contributed by atoms with Gasteiger partial charge in [-0.1, -0.05) is 6.07 Å². The van der Waals surface area contributed by atoms with Gasteiger partial charge < -0.3 is 10.1 Å². The standard InChI is InChI=1S/C24H27N3O2S2/c1-24(2,3)29-22(28)20-13-18-19(30-20)11-10-15-14-25-23(27-21(15)18)26-16-8-7-9-17(12-16)31(4,5)6/h7-14H,1-6H3,(H,25,26,27). The van der Waals surface area contributed by atoms with Gasteiger partial charge in [0.2, 0.25) is 5.95 Å². The molecular weight excluding hydrogens is 426 g/mol. The van der Waals surface area contributed by atoms with E-state index in [0.29, 0.717) is 10.8 Å². The molecule has 0 atom stereocenters. The van der Waals surface area contributed by atoms with E-state index in [4.69, 9.17) is 9.72 Å². The molecule has 0 fully saturated rings. The molecule has 4 aromatic rings. The molecule has 5 nitrogen and oxygen atoms in total. The van der Waals surface area contributed by atoms with E-state index in [9.17, 15) is 4.79 Å². The molecule has 0 unspecified atom stereocenters. The van der Waals surface area contributed by atoms with E-state index >= 15 is 0 Å². The van der Waals surface area contributed by atoms with Gasteiger partial charge in [-0.2, -0.15) is 0 Å². The first kappa shape index (κ1) is 21.6. The molecule has 162 valence electrons. The summed E-state index contributed by atoms with van der Waals surface area (Å²) in [5, 5.41) is 5.20. The van der Waals surface area contributed by atoms with E-state index in [2.05, 4.69) is 47.3 Å². The van der Waals surface area contributed by atoms with Crippen LogP contribution in [-0.2, 0) is 4.74 Å². The highest BCUT2D eigenvalue weighted by atomic mass is 32.3. The van der Waals surface area contributed by atoms with E-state index in [1.54, 1.807) is 0 Å². The van der Waals surface area contributed by atoms with Crippen LogP contribution in [-0.4, -0.2) is 40.3 Å². The van der Waals surface area contributed by atoms with Gasteiger partial charge in [0.05, 0.1) is 5.52 Å². The van der Waals surface area contributed by atoms with E-state index in [1.165, 1.54) is 16.2 Å². The van der Waals surface area contributed by atoms with Crippen molar-refractivity contribution in [1.82, 2.24) is 9.97 Å². The van der Waals surface area contributed by atoms with Gasteiger partial charge in [0.1, 0.15) is 10.5 Å². The molecule has 0 aliphatic heterocycles. The Hall–Kier alpha value is -2.64. The number of fused-ring (bicyclic) bond motifs is 3. The Morgan fingerprint density at radius 1 is 1.10 bits per heavy atom. The molecule has 0 spiro atoms. The number of rotatable bonds is 4. The highest BCUT2D eigenvalue weighted by Crippen LogP contribution is 2.45. The fourth-order valence-electron chi connectivity index (χ4n) is 3.18. The lowest BCUT2D eigenvalue weighted by molar-refractivity contribution is 0.00753. The third kappa shape index (κ3) is 4.83. The van der Waals surface area contributed by atoms with Gasteiger partial charge in [0.15, 0.2) is 0 Å². The lowest BCUT2D eigenvalue weighted by Crippen LogP contribution is -2.23. The van der Waals surface area contributed by atoms with Crippen LogP contribution in [0.2, 0.25) is 0 Å². The van der Waals surface area contributed by atoms with Crippen LogP contribution in [0.4, 0.5) is 11.6 Å². The summed E-state index contributed by atoms with van der Waals surface area (Å²) in [6, 6.07) is 14.3. The molecule has 0 radical (unpaired) electrons. The fourth-order valence-corrected chi connectivity index (χ4v) is 5.09. The number of benzene rings is 2. The van der Waals surface area contributed by atoms with Crippen molar-refractivity contribution in [3.8, 4) is 0 Å². The third-order valence-electron chi connectivity index (χ3n) is 4.64. The minimum atomic E-state index is -0.823. The molecule has 0 amide bonds. The minimum absolute atomic E-state index is 0.309. The summed E-state index contributed by atoms with van der Waals surface area (Å²) in [6.45, 7) is 5.61. The molecule has 2 aromatic heterocycles. The van der Waals surface area contributed by atoms with Crippen molar-refractivity contribution in [2.24, 2.45) is 0 Å². The molecule has 0 aliphatic carbocycles. The second-order valence-electron chi connectivity index (χ2n) is 9.21. The number of hydrogen-bond donors (Lipinski definition) is 1. The first-order chi connectivity index (χ1) is 14.5. The van der Waals surface area contributed by atoms with Crippen molar-refractivity contribution < 1.29 is 9.53 Å². The maximum atomic E-state index is 12.5. The number of esters is 1. The molecule has 2 heterocycles. The highest BCUT2D eigenvalue weighted by molar-refractivity contribution is 8.32. The maximum Gasteiger partial charge on any atom is 0.348 e. The van der Waals surface area contributed by atoms with Gasteiger partial charge in [0, 0.05) is 27.4 Å². The average molecular weight is 454 g/mol. The summed E-state index contributed by atoms with van der Waals surface area (Å²) in [7, 11) is -0.823. The first-order valence-corrected chi connectivity index (χ1v) is 13.7. The zero-order chi connectivity index (χ0) is 22.4. The van der Waals surface area contributed by atoms with Crippen LogP contribution in [0.3, 0.4) is 0 Å². The van der Waals surface area contributed by atoms with Crippen LogP contribution >= 0.6 is 21.4 Å². The molecule has 0 bridgehead atoms. The van der Waals surface area contributed by atoms with Crippen molar-refractivity contribution in [2.45, 2.75) is 31.3 Å². The van der Waals surface area contributed by atoms with Crippen molar-refractivity contribution in [1.29, 1.82) is 0 Å². The normalized spacial score (nSPS) is 12.8. The largest absolute Gasteiger partial charge is 0.456 e. The highest BCUT2D eigenvalue weighted by Gasteiger charge is 2.20. The second-order valence-corrected chi connectivity index (χ2v) is 14.4. The summed E-state index contributed by atoms with van der Waals surface area (Å²) >= 11 is 1.42. The van der Waals surface area contributed by atoms with Crippen LogP contribution in [0.25, 0.3) is 21.0 Å². The molecule has 31 heavy (non-hydrogen) atoms. The Bertz CT molecular complexity index is 1280. The van der Waals surface area contributed by atoms with E-state index in [1.807, 2.05) is 51.2 Å². The molecule has 0 saturated carbocycles. The van der Waals surface area contributed by atoms with Crippen LogP contribution < -0.4 is 5.32 Å². The van der Waals surface area contributed by atoms with E-state index in [-0.39, 0.29) is 5.97 Å². The van der Waals surface area contributed by atoms with Gasteiger partial charge in [-0.15, -0.1) is 11.3 Å². The Kier molecular flexibility index (Phi) is 5.43. The molecule has 4 rings (SSSR count). The number of carbonyl (C=O) groups excluding carboxylic acids is 1. The molecule has 7 heteroatoms. The molecule has 0 aliphatic rings. The fraction of sp³-hybridized carbons (Fsp3) is 0.292. The predicted molar refractivity (Wildman–Crippen MR) is 133 cm³/mol. The topological polar surface area (TPSA) is 64.1 Å². The van der Waals surface area contributed by atoms with Gasteiger partial charge in [-0.3, -0.25) is 0 Å². The quantitative estimate of drug-likeness (QED) is 0.353. The van der Waals surface area contributed by atoms with Crippen LogP contribution in [0.1, 0.15) is 30.4 Å². The number of nitrogens with zero attached hydrogens (tertiary/aromatic N) is 2. The number of anilines is 2. The van der Waals surface area contributed by atoms with Crippen LogP contribution in [0, 0.1) is 0 Å². The first-order valence-electron chi connectivity index (χ1n) is 9.98. The number of aromatic nitrogens is 2. The molecule has 1 N–H and O–H groups in total. The lowest BCUT2D eigenvalue weighted by Gasteiger charge is -2.26. The summed E-state index contributed by atoms with van der Waals surface area (Å²) in [5.41, 5.74) is 1.25. The Morgan fingerprint density at radius 3 is 2.58 bits per heavy atom. The predicted octanol–water partition coefficient (Wildman–Crippen LogP) is 6.60. The molecule has 2 aromatic carbocycles. The minimum Gasteiger partial charge on any atom is -0.456 e. The molecular formula is C24H27N3O2S2. The Morgan fingerprint density at radius 2 is 1.87 bits per heavy atom. The molecule has 0 saturated heterocycles. The summed E-state index contributed by atoms with van der Waals surface area (Å²) in [4.78, 5) is 23.7. The summed E-state index contributed by atoms with van der Waals surface area (Å²) in [6.07, 6.45) is 8.63. The smallest absolute Gasteiger partial charge is 0.348 e. The average Bonchev–Trinajstić information content (AvgIpc) is 3.11. The zero-order valence-corrected chi connectivity index (χ0v) is 20.3. The SMILES string of the molecule is CC(C)(C)OC(=O)c1cc2c(ccc3cnc(Nc4cccc(S(C)(C)C)c4)nc32)s1. The summed E-state index contributed by atoms with van der Waals surface area (Å²) in [5.74, 6) is 0.224. The number of hydrogen-bond acceptors (Lipinski definition) is 6. The monoisotopic (exact) mass is 453 g/mol. The summed E-state index contributed by atoms with van der Waals surface area (Å²) < 4.78 is 6.53. The van der Waals surface area contributed by atoms with Crippen molar-refractivity contribution in [3.05, 3.63) is 53.5 Å². The van der Waals surface area contributed by atoms with Gasteiger partial charge >= 0.3 is 5.97 Å². The van der Waals surface area contributed by atoms with Crippen LogP contribution in [0.5, 0.6) is 0 Å². The third-order valence-corrected chi connectivity index (χ3v) is 7.39. The van der Waals surface area contributed by atoms with Crippen molar-refractivity contribution in [2.75, 3.05) is 24.1 Å². The van der Waals surface area contributed by atoms with Crippen molar-refractivity contribution in [3.63, 3.8) is 0 Å². The number of carbonyl (C=O) groups is 1. The van der Waals surface area contributed by atoms with Crippen LogP contribution in [0.15, 0.2) is 53.6 Å². The van der Waals surface area contributed by atoms with E-state index < -0.39 is 15.6 Å². The maximum absolute atomic E-state index is 12.5. The van der Waals surface area contributed by atoms with E-state index in [0.717, 1.165) is 26.7 Å². The Balaban J connectivity index is 1.71. The zero-order valence-electron chi connectivity index (χ0n) is 18.6. The van der Waals surface area contributed by atoms with Gasteiger partial charge in [-0.25, -0.2) is 24.8 Å². The number of thiophene rings is 1. The van der Waals surface area contributed by atoms with Crippen molar-refractivity contribution >= 4 is 60.0 Å². The van der Waals surface area contributed by atoms with Gasteiger partial charge in [-0.05, 0) is 80.8 Å². The van der Waals surface area contributed by atoms with Gasteiger partial charge in [0.25, 0.3) is 0 Å².